The Kier molecular flexibility index (Phi) is 4.55. The summed E-state index contributed by atoms with van der Waals surface area (Å²) in [5.41, 5.74) is 0.417. The molecule has 19 heavy (non-hydrogen) atoms. The van der Waals surface area contributed by atoms with E-state index >= 15 is 0 Å². The number of benzene rings is 2. The van der Waals surface area contributed by atoms with Gasteiger partial charge in [-0.3, -0.25) is 0 Å². The van der Waals surface area contributed by atoms with E-state index in [-0.39, 0.29) is 16.5 Å². The first kappa shape index (κ1) is 14.4. The summed E-state index contributed by atoms with van der Waals surface area (Å²) < 4.78 is 27.5. The zero-order valence-electron chi connectivity index (χ0n) is 9.71. The second-order valence-electron chi connectivity index (χ2n) is 4.10. The normalized spacial score (nSPS) is 12.5. The Labute approximate surface area is 123 Å². The molecule has 0 radical (unpaired) electrons. The van der Waals surface area contributed by atoms with E-state index in [0.717, 1.165) is 11.6 Å². The molecule has 0 amide bonds. The summed E-state index contributed by atoms with van der Waals surface area (Å²) in [6, 6.07) is 9.13. The van der Waals surface area contributed by atoms with Crippen LogP contribution in [0.2, 0.25) is 5.02 Å². The van der Waals surface area contributed by atoms with Crippen molar-refractivity contribution in [2.24, 2.45) is 0 Å². The Morgan fingerprint density at radius 2 is 1.74 bits per heavy atom. The quantitative estimate of drug-likeness (QED) is 0.801. The summed E-state index contributed by atoms with van der Waals surface area (Å²) >= 11 is 8.72. The fourth-order valence-electron chi connectivity index (χ4n) is 1.79. The smallest absolute Gasteiger partial charge is 0.146 e. The van der Waals surface area contributed by atoms with Crippen LogP contribution in [0.5, 0.6) is 0 Å². The average Bonchev–Trinajstić information content (AvgIpc) is 2.37. The van der Waals surface area contributed by atoms with Gasteiger partial charge in [0.1, 0.15) is 11.6 Å². The fourth-order valence-corrected chi connectivity index (χ4v) is 2.27. The molecule has 1 unspecified atom stereocenters. The number of halogens is 4. The zero-order chi connectivity index (χ0) is 14.0. The van der Waals surface area contributed by atoms with E-state index in [9.17, 15) is 13.9 Å². The first-order valence-electron chi connectivity index (χ1n) is 5.55. The number of rotatable bonds is 3. The topological polar surface area (TPSA) is 20.2 Å². The van der Waals surface area contributed by atoms with Crippen LogP contribution in [0, 0.1) is 11.6 Å². The Bertz CT molecular complexity index is 587. The maximum absolute atomic E-state index is 13.8. The molecular formula is C14H10BrClF2O. The molecule has 0 aliphatic rings. The second-order valence-corrected chi connectivity index (χ2v) is 5.39. The van der Waals surface area contributed by atoms with Gasteiger partial charge in [0.15, 0.2) is 0 Å². The molecule has 1 atom stereocenters. The van der Waals surface area contributed by atoms with Crippen molar-refractivity contribution >= 4 is 27.5 Å². The molecule has 0 spiro atoms. The molecule has 0 aliphatic carbocycles. The SMILES string of the molecule is OC(Cc1ccc(Cl)cc1)c1c(F)ccc(Br)c1F. The van der Waals surface area contributed by atoms with Gasteiger partial charge in [-0.05, 0) is 45.8 Å². The lowest BCUT2D eigenvalue weighted by atomic mass is 10.0. The van der Waals surface area contributed by atoms with Crippen molar-refractivity contribution in [2.45, 2.75) is 12.5 Å². The maximum Gasteiger partial charge on any atom is 0.146 e. The van der Waals surface area contributed by atoms with Gasteiger partial charge < -0.3 is 5.11 Å². The van der Waals surface area contributed by atoms with E-state index in [1.807, 2.05) is 0 Å². The van der Waals surface area contributed by atoms with Gasteiger partial charge in [0.2, 0.25) is 0 Å². The van der Waals surface area contributed by atoms with Crippen molar-refractivity contribution in [3.05, 3.63) is 68.7 Å². The molecule has 0 saturated carbocycles. The molecule has 0 bridgehead atoms. The van der Waals surface area contributed by atoms with Crippen molar-refractivity contribution in [2.75, 3.05) is 0 Å². The van der Waals surface area contributed by atoms with Gasteiger partial charge in [-0.2, -0.15) is 0 Å². The Hall–Kier alpha value is -0.970. The summed E-state index contributed by atoms with van der Waals surface area (Å²) in [5.74, 6) is -1.54. The third-order valence-corrected chi connectivity index (χ3v) is 3.62. The van der Waals surface area contributed by atoms with Crippen LogP contribution in [0.3, 0.4) is 0 Å². The van der Waals surface area contributed by atoms with Gasteiger partial charge in [-0.1, -0.05) is 23.7 Å². The molecule has 0 aromatic heterocycles. The van der Waals surface area contributed by atoms with Crippen molar-refractivity contribution < 1.29 is 13.9 Å². The molecule has 5 heteroatoms. The third kappa shape index (κ3) is 3.32. The molecule has 2 aromatic rings. The maximum atomic E-state index is 13.8. The Morgan fingerprint density at radius 3 is 2.37 bits per heavy atom. The largest absolute Gasteiger partial charge is 0.388 e. The van der Waals surface area contributed by atoms with Gasteiger partial charge in [-0.25, -0.2) is 8.78 Å². The second kappa shape index (κ2) is 5.99. The average molecular weight is 348 g/mol. The molecule has 2 rings (SSSR count). The van der Waals surface area contributed by atoms with Gasteiger partial charge in [0, 0.05) is 11.4 Å². The summed E-state index contributed by atoms with van der Waals surface area (Å²) in [6.07, 6.45) is -1.14. The zero-order valence-corrected chi connectivity index (χ0v) is 12.0. The van der Waals surface area contributed by atoms with Crippen LogP contribution in [0.1, 0.15) is 17.2 Å². The molecule has 0 heterocycles. The number of hydrogen-bond acceptors (Lipinski definition) is 1. The molecule has 1 N–H and O–H groups in total. The standard InChI is InChI=1S/C14H10BrClF2O/c15-10-5-6-11(17)13(14(10)18)12(19)7-8-1-3-9(16)4-2-8/h1-6,12,19H,7H2. The molecule has 1 nitrogen and oxygen atoms in total. The Balaban J connectivity index is 2.27. The van der Waals surface area contributed by atoms with Crippen LogP contribution in [0.4, 0.5) is 8.78 Å². The number of hydrogen-bond donors (Lipinski definition) is 1. The Morgan fingerprint density at radius 1 is 1.11 bits per heavy atom. The monoisotopic (exact) mass is 346 g/mol. The summed E-state index contributed by atoms with van der Waals surface area (Å²) in [7, 11) is 0. The minimum absolute atomic E-state index is 0.113. The molecule has 0 aliphatic heterocycles. The summed E-state index contributed by atoms with van der Waals surface area (Å²) in [6.45, 7) is 0. The highest BCUT2D eigenvalue weighted by atomic mass is 79.9. The van der Waals surface area contributed by atoms with E-state index in [4.69, 9.17) is 11.6 Å². The van der Waals surface area contributed by atoms with Gasteiger partial charge >= 0.3 is 0 Å². The van der Waals surface area contributed by atoms with Crippen LogP contribution in [0.25, 0.3) is 0 Å². The molecule has 2 aromatic carbocycles. The third-order valence-electron chi connectivity index (χ3n) is 2.75. The van der Waals surface area contributed by atoms with E-state index in [2.05, 4.69) is 15.9 Å². The number of aliphatic hydroxyl groups excluding tert-OH is 1. The van der Waals surface area contributed by atoms with Crippen LogP contribution >= 0.6 is 27.5 Å². The lowest BCUT2D eigenvalue weighted by molar-refractivity contribution is 0.168. The van der Waals surface area contributed by atoms with E-state index in [1.165, 1.54) is 6.07 Å². The summed E-state index contributed by atoms with van der Waals surface area (Å²) in [5, 5.41) is 10.6. The highest BCUT2D eigenvalue weighted by Gasteiger charge is 2.20. The molecule has 100 valence electrons. The van der Waals surface area contributed by atoms with Crippen LogP contribution in [0.15, 0.2) is 40.9 Å². The van der Waals surface area contributed by atoms with Crippen molar-refractivity contribution in [3.8, 4) is 0 Å². The predicted molar refractivity (Wildman–Crippen MR) is 74.2 cm³/mol. The van der Waals surface area contributed by atoms with Gasteiger partial charge in [-0.15, -0.1) is 0 Å². The first-order chi connectivity index (χ1) is 8.99. The van der Waals surface area contributed by atoms with Gasteiger partial charge in [0.05, 0.1) is 16.1 Å². The first-order valence-corrected chi connectivity index (χ1v) is 6.72. The van der Waals surface area contributed by atoms with Crippen LogP contribution in [-0.2, 0) is 6.42 Å². The van der Waals surface area contributed by atoms with Crippen LogP contribution in [-0.4, -0.2) is 5.11 Å². The van der Waals surface area contributed by atoms with Crippen molar-refractivity contribution in [1.29, 1.82) is 0 Å². The minimum Gasteiger partial charge on any atom is -0.388 e. The van der Waals surface area contributed by atoms with E-state index < -0.39 is 17.7 Å². The highest BCUT2D eigenvalue weighted by Crippen LogP contribution is 2.28. The highest BCUT2D eigenvalue weighted by molar-refractivity contribution is 9.10. The van der Waals surface area contributed by atoms with Crippen molar-refractivity contribution in [3.63, 3.8) is 0 Å². The summed E-state index contributed by atoms with van der Waals surface area (Å²) in [4.78, 5) is 0. The molecular weight excluding hydrogens is 338 g/mol. The lowest BCUT2D eigenvalue weighted by Crippen LogP contribution is -2.07. The number of aliphatic hydroxyl groups is 1. The van der Waals surface area contributed by atoms with Crippen molar-refractivity contribution in [1.82, 2.24) is 0 Å². The van der Waals surface area contributed by atoms with E-state index in [0.29, 0.717) is 5.02 Å². The van der Waals surface area contributed by atoms with Gasteiger partial charge in [0.25, 0.3) is 0 Å². The van der Waals surface area contributed by atoms with Crippen LogP contribution < -0.4 is 0 Å². The van der Waals surface area contributed by atoms with E-state index in [1.54, 1.807) is 24.3 Å². The fraction of sp³-hybridized carbons (Fsp3) is 0.143. The minimum atomic E-state index is -1.25. The molecule has 0 saturated heterocycles. The predicted octanol–water partition coefficient (Wildman–Crippen LogP) is 4.66. The lowest BCUT2D eigenvalue weighted by Gasteiger charge is -2.14. The molecule has 0 fully saturated rings.